The quantitative estimate of drug-likeness (QED) is 0.479. The molecule has 0 bridgehead atoms. The summed E-state index contributed by atoms with van der Waals surface area (Å²) in [7, 11) is -3.87. The van der Waals surface area contributed by atoms with Crippen molar-refractivity contribution in [2.24, 2.45) is 0 Å². The minimum absolute atomic E-state index is 0.00725. The van der Waals surface area contributed by atoms with Crippen molar-refractivity contribution in [3.8, 4) is 5.75 Å². The van der Waals surface area contributed by atoms with E-state index >= 15 is 0 Å². The number of benzene rings is 2. The van der Waals surface area contributed by atoms with Gasteiger partial charge < -0.3 is 15.4 Å². The average molecular weight is 528 g/mol. The average Bonchev–Trinajstić information content (AvgIpc) is 3.52. The molecule has 0 saturated carbocycles. The molecule has 5 rings (SSSR count). The summed E-state index contributed by atoms with van der Waals surface area (Å²) in [5, 5.41) is 14.1. The number of hydrogen-bond acceptors (Lipinski definition) is 8. The van der Waals surface area contributed by atoms with Crippen LogP contribution in [0.15, 0.2) is 45.9 Å². The van der Waals surface area contributed by atoms with Gasteiger partial charge in [0.15, 0.2) is 5.52 Å². The van der Waals surface area contributed by atoms with Crippen LogP contribution in [-0.2, 0) is 21.4 Å². The lowest BCUT2D eigenvalue weighted by atomic mass is 9.98. The highest BCUT2D eigenvalue weighted by atomic mass is 32.2. The molecule has 3 aromatic rings. The third-order valence-electron chi connectivity index (χ3n) is 6.86. The summed E-state index contributed by atoms with van der Waals surface area (Å²) in [6.45, 7) is 7.95. The molecule has 2 atom stereocenters. The first-order valence-corrected chi connectivity index (χ1v) is 14.1. The molecular formula is C26H33N5O5S. The van der Waals surface area contributed by atoms with Crippen molar-refractivity contribution >= 4 is 27.0 Å². The highest BCUT2D eigenvalue weighted by Gasteiger charge is 2.38. The fourth-order valence-electron chi connectivity index (χ4n) is 4.97. The second kappa shape index (κ2) is 10.0. The number of hydrogen-bond donors (Lipinski definition) is 2. The van der Waals surface area contributed by atoms with Crippen molar-refractivity contribution in [2.45, 2.75) is 75.5 Å². The molecule has 2 aliphatic heterocycles. The maximum Gasteiger partial charge on any atom is 0.245 e. The lowest BCUT2D eigenvalue weighted by Crippen LogP contribution is -2.40. The lowest BCUT2D eigenvalue weighted by molar-refractivity contribution is -0.122. The first-order valence-electron chi connectivity index (χ1n) is 12.6. The Morgan fingerprint density at radius 2 is 2.00 bits per heavy atom. The zero-order valence-corrected chi connectivity index (χ0v) is 22.2. The Morgan fingerprint density at radius 3 is 2.81 bits per heavy atom. The van der Waals surface area contributed by atoms with Gasteiger partial charge in [-0.25, -0.2) is 13.0 Å². The van der Waals surface area contributed by atoms with Gasteiger partial charge >= 0.3 is 0 Å². The number of carbonyl (C=O) groups is 1. The Morgan fingerprint density at radius 1 is 1.16 bits per heavy atom. The van der Waals surface area contributed by atoms with Gasteiger partial charge in [-0.3, -0.25) is 4.79 Å². The predicted molar refractivity (Wildman–Crippen MR) is 137 cm³/mol. The summed E-state index contributed by atoms with van der Waals surface area (Å²) in [5.41, 5.74) is 2.65. The summed E-state index contributed by atoms with van der Waals surface area (Å²) in [5.74, 6) is 0.605. The number of carbonyl (C=O) groups excluding carboxylic acids is 1. The molecule has 2 N–H and O–H groups in total. The van der Waals surface area contributed by atoms with Crippen LogP contribution in [0.1, 0.15) is 63.6 Å². The molecule has 2 aliphatic rings. The Balaban J connectivity index is 1.27. The zero-order chi connectivity index (χ0) is 26.2. The lowest BCUT2D eigenvalue weighted by Gasteiger charge is -2.29. The molecule has 198 valence electrons. The number of amides is 1. The van der Waals surface area contributed by atoms with Crippen LogP contribution >= 0.6 is 0 Å². The van der Waals surface area contributed by atoms with Gasteiger partial charge in [-0.2, -0.15) is 4.31 Å². The van der Waals surface area contributed by atoms with Crippen LogP contribution in [0.25, 0.3) is 11.0 Å². The van der Waals surface area contributed by atoms with Crippen LogP contribution in [0, 0.1) is 0 Å². The van der Waals surface area contributed by atoms with E-state index in [4.69, 9.17) is 9.37 Å². The normalized spacial score (nSPS) is 20.5. The Labute approximate surface area is 216 Å². The first kappa shape index (κ1) is 25.6. The number of aromatic nitrogens is 2. The van der Waals surface area contributed by atoms with Crippen molar-refractivity contribution in [1.82, 2.24) is 25.3 Å². The largest absolute Gasteiger partial charge is 0.493 e. The number of sulfonamides is 1. The first-order chi connectivity index (χ1) is 17.6. The van der Waals surface area contributed by atoms with Gasteiger partial charge in [0.2, 0.25) is 15.9 Å². The van der Waals surface area contributed by atoms with Crippen molar-refractivity contribution in [3.05, 3.63) is 47.5 Å². The summed E-state index contributed by atoms with van der Waals surface area (Å²) < 4.78 is 39.1. The van der Waals surface area contributed by atoms with E-state index in [1.165, 1.54) is 10.4 Å². The number of fused-ring (bicyclic) bond motifs is 2. The second-order valence-corrected chi connectivity index (χ2v) is 12.6. The molecule has 0 spiro atoms. The van der Waals surface area contributed by atoms with Crippen molar-refractivity contribution in [2.75, 3.05) is 13.2 Å². The van der Waals surface area contributed by atoms with Crippen LogP contribution in [0.5, 0.6) is 5.75 Å². The van der Waals surface area contributed by atoms with Gasteiger partial charge in [0.1, 0.15) is 16.2 Å². The monoisotopic (exact) mass is 527 g/mol. The maximum absolute atomic E-state index is 13.5. The highest BCUT2D eigenvalue weighted by molar-refractivity contribution is 7.89. The molecule has 1 fully saturated rings. The van der Waals surface area contributed by atoms with Gasteiger partial charge in [0.05, 0.1) is 12.6 Å². The molecule has 2 aromatic carbocycles. The smallest absolute Gasteiger partial charge is 0.245 e. The van der Waals surface area contributed by atoms with Gasteiger partial charge in [-0.05, 0) is 67.7 Å². The SMILES string of the molecule is CC(C)(C)NCc1ccc2c(c1)OCC[C@H]2NC(=O)C[C@@H]1CCCN1S(=O)(=O)c1cccc2nonc12. The van der Waals surface area contributed by atoms with Gasteiger partial charge in [-0.15, -0.1) is 0 Å². The fraction of sp³-hybridized carbons (Fsp3) is 0.500. The topological polar surface area (TPSA) is 127 Å². The number of nitrogens with one attached hydrogen (secondary N) is 2. The standard InChI is InChI=1S/C26H33N5O5S/c1-26(2,3)27-16-17-9-10-19-20(11-13-35-22(19)14-17)28-24(32)15-18-6-5-12-31(18)37(33,34)23-8-4-7-21-25(23)30-36-29-21/h4,7-10,14,18,20,27H,5-6,11-13,15-16H2,1-3H3,(H,28,32)/t18-,20+/m0/s1. The molecular weight excluding hydrogens is 494 g/mol. The molecule has 3 heterocycles. The zero-order valence-electron chi connectivity index (χ0n) is 21.4. The van der Waals surface area contributed by atoms with E-state index in [1.807, 2.05) is 12.1 Å². The highest BCUT2D eigenvalue weighted by Crippen LogP contribution is 2.34. The van der Waals surface area contributed by atoms with Crippen molar-refractivity contribution in [3.63, 3.8) is 0 Å². The molecule has 37 heavy (non-hydrogen) atoms. The predicted octanol–water partition coefficient (Wildman–Crippen LogP) is 3.29. The molecule has 11 heteroatoms. The summed E-state index contributed by atoms with van der Waals surface area (Å²) in [6.07, 6.45) is 2.06. The van der Waals surface area contributed by atoms with E-state index < -0.39 is 16.1 Å². The van der Waals surface area contributed by atoms with Gasteiger partial charge in [-0.1, -0.05) is 18.2 Å². The van der Waals surface area contributed by atoms with Crippen molar-refractivity contribution in [1.29, 1.82) is 0 Å². The fourth-order valence-corrected chi connectivity index (χ4v) is 6.81. The molecule has 1 saturated heterocycles. The van der Waals surface area contributed by atoms with E-state index in [0.29, 0.717) is 37.9 Å². The van der Waals surface area contributed by atoms with Crippen LogP contribution in [0.4, 0.5) is 0 Å². The van der Waals surface area contributed by atoms with Crippen LogP contribution in [-0.4, -0.2) is 53.7 Å². The van der Waals surface area contributed by atoms with E-state index in [0.717, 1.165) is 23.4 Å². The van der Waals surface area contributed by atoms with E-state index in [2.05, 4.69) is 47.8 Å². The van der Waals surface area contributed by atoms with Crippen molar-refractivity contribution < 1.29 is 22.6 Å². The van der Waals surface area contributed by atoms with E-state index in [-0.39, 0.29) is 34.3 Å². The summed E-state index contributed by atoms with van der Waals surface area (Å²) in [6, 6.07) is 10.2. The Bertz CT molecular complexity index is 1400. The van der Waals surface area contributed by atoms with E-state index in [1.54, 1.807) is 12.1 Å². The van der Waals surface area contributed by atoms with Crippen LogP contribution in [0.2, 0.25) is 0 Å². The second-order valence-electron chi connectivity index (χ2n) is 10.7. The molecule has 10 nitrogen and oxygen atoms in total. The minimum Gasteiger partial charge on any atom is -0.493 e. The Hall–Kier alpha value is -3.02. The minimum atomic E-state index is -3.87. The molecule has 1 aromatic heterocycles. The maximum atomic E-state index is 13.5. The van der Waals surface area contributed by atoms with E-state index in [9.17, 15) is 13.2 Å². The van der Waals surface area contributed by atoms with Gasteiger partial charge in [0.25, 0.3) is 0 Å². The van der Waals surface area contributed by atoms with Crippen LogP contribution < -0.4 is 15.4 Å². The molecule has 0 radical (unpaired) electrons. The third-order valence-corrected chi connectivity index (χ3v) is 8.84. The molecule has 0 aliphatic carbocycles. The Kier molecular flexibility index (Phi) is 6.95. The number of nitrogens with zero attached hydrogens (tertiary/aromatic N) is 3. The molecule has 0 unspecified atom stereocenters. The summed E-state index contributed by atoms with van der Waals surface area (Å²) in [4.78, 5) is 13.2. The third kappa shape index (κ3) is 5.48. The van der Waals surface area contributed by atoms with Gasteiger partial charge in [0, 0.05) is 43.1 Å². The number of ether oxygens (including phenoxy) is 1. The number of rotatable bonds is 7. The summed E-state index contributed by atoms with van der Waals surface area (Å²) >= 11 is 0. The van der Waals surface area contributed by atoms with Crippen LogP contribution in [0.3, 0.4) is 0 Å². The molecule has 1 amide bonds.